The van der Waals surface area contributed by atoms with Crippen molar-refractivity contribution in [1.29, 1.82) is 0 Å². The molecule has 128 valence electrons. The number of piperidine rings is 1. The normalized spacial score (nSPS) is 30.1. The number of hydrogen-bond acceptors (Lipinski definition) is 2. The maximum absolute atomic E-state index is 12.7. The Morgan fingerprint density at radius 2 is 1.78 bits per heavy atom. The molecule has 23 heavy (non-hydrogen) atoms. The van der Waals surface area contributed by atoms with Gasteiger partial charge in [0, 0.05) is 18.1 Å². The van der Waals surface area contributed by atoms with Gasteiger partial charge >= 0.3 is 0 Å². The molecule has 5 atom stereocenters. The topological polar surface area (TPSA) is 41.1 Å². The van der Waals surface area contributed by atoms with E-state index >= 15 is 0 Å². The van der Waals surface area contributed by atoms with Gasteiger partial charge in [0.2, 0.25) is 0 Å². The van der Waals surface area contributed by atoms with Crippen LogP contribution >= 0.6 is 0 Å². The zero-order chi connectivity index (χ0) is 16.4. The molecule has 4 heteroatoms. The fourth-order valence-corrected chi connectivity index (χ4v) is 4.82. The number of rotatable bonds is 5. The van der Waals surface area contributed by atoms with Crippen molar-refractivity contribution >= 4 is 11.0 Å². The Morgan fingerprint density at radius 1 is 1.17 bits per heavy atom. The van der Waals surface area contributed by atoms with Gasteiger partial charge in [0.1, 0.15) is 0 Å². The van der Waals surface area contributed by atoms with Gasteiger partial charge in [0.25, 0.3) is 0 Å². The van der Waals surface area contributed by atoms with E-state index in [-0.39, 0.29) is 4.75 Å². The van der Waals surface area contributed by atoms with E-state index < -0.39 is 11.0 Å². The molecule has 2 bridgehead atoms. The summed E-state index contributed by atoms with van der Waals surface area (Å²) in [4.78, 5) is 0. The fraction of sp³-hybridized carbons (Fsp3) is 0.684. The number of benzene rings is 1. The molecule has 2 aliphatic rings. The molecule has 0 spiro atoms. The number of hydrogen-bond donors (Lipinski definition) is 2. The minimum atomic E-state index is -1.02. The van der Waals surface area contributed by atoms with Gasteiger partial charge in [-0.1, -0.05) is 30.3 Å². The third-order valence-corrected chi connectivity index (χ3v) is 6.82. The summed E-state index contributed by atoms with van der Waals surface area (Å²) in [7, 11) is -1.02. The molecule has 2 saturated heterocycles. The van der Waals surface area contributed by atoms with Gasteiger partial charge in [-0.3, -0.25) is 0 Å². The molecule has 3 rings (SSSR count). The van der Waals surface area contributed by atoms with Gasteiger partial charge in [-0.15, -0.1) is 0 Å². The first kappa shape index (κ1) is 17.1. The highest BCUT2D eigenvalue weighted by molar-refractivity contribution is 7.84. The highest BCUT2D eigenvalue weighted by Gasteiger charge is 2.38. The van der Waals surface area contributed by atoms with Crippen molar-refractivity contribution in [1.82, 2.24) is 10.0 Å². The van der Waals surface area contributed by atoms with Crippen molar-refractivity contribution in [2.75, 3.05) is 0 Å². The largest absolute Gasteiger partial charge is 0.311 e. The van der Waals surface area contributed by atoms with E-state index in [9.17, 15) is 4.21 Å². The van der Waals surface area contributed by atoms with E-state index in [1.807, 2.05) is 20.8 Å². The molecular formula is C19H30N2OS. The Hall–Kier alpha value is -0.710. The Labute approximate surface area is 143 Å². The lowest BCUT2D eigenvalue weighted by molar-refractivity contribution is 0.250. The number of fused-ring (bicyclic) bond motifs is 2. The van der Waals surface area contributed by atoms with Crippen LogP contribution in [0, 0.1) is 5.92 Å². The Bertz CT molecular complexity index is 528. The minimum Gasteiger partial charge on any atom is -0.311 e. The third kappa shape index (κ3) is 4.43. The predicted molar refractivity (Wildman–Crippen MR) is 97.6 cm³/mol. The summed E-state index contributed by atoms with van der Waals surface area (Å²) in [5, 5.41) is 3.72. The molecule has 0 radical (unpaired) electrons. The second-order valence-electron chi connectivity index (χ2n) is 8.16. The van der Waals surface area contributed by atoms with Gasteiger partial charge in [-0.25, -0.2) is 8.93 Å². The van der Waals surface area contributed by atoms with Crippen LogP contribution in [0.25, 0.3) is 0 Å². The van der Waals surface area contributed by atoms with E-state index in [1.54, 1.807) is 0 Å². The molecular weight excluding hydrogens is 304 g/mol. The van der Waals surface area contributed by atoms with E-state index in [1.165, 1.54) is 31.2 Å². The van der Waals surface area contributed by atoms with Gasteiger partial charge in [-0.2, -0.15) is 0 Å². The van der Waals surface area contributed by atoms with Gasteiger partial charge in [-0.05, 0) is 64.4 Å². The van der Waals surface area contributed by atoms with Crippen LogP contribution in [0.3, 0.4) is 0 Å². The minimum absolute atomic E-state index is 0.221. The number of nitrogens with one attached hydrogen (secondary N) is 2. The summed E-state index contributed by atoms with van der Waals surface area (Å²) in [6.07, 6.45) is 6.00. The van der Waals surface area contributed by atoms with Crippen LogP contribution in [0.2, 0.25) is 0 Å². The van der Waals surface area contributed by atoms with Crippen LogP contribution in [-0.4, -0.2) is 27.1 Å². The van der Waals surface area contributed by atoms with Crippen molar-refractivity contribution < 1.29 is 4.21 Å². The highest BCUT2D eigenvalue weighted by atomic mass is 32.2. The van der Waals surface area contributed by atoms with Gasteiger partial charge in [0.15, 0.2) is 0 Å². The van der Waals surface area contributed by atoms with Crippen LogP contribution in [0.1, 0.15) is 52.0 Å². The summed E-state index contributed by atoms with van der Waals surface area (Å²) in [6, 6.07) is 12.3. The van der Waals surface area contributed by atoms with E-state index in [0.717, 1.165) is 6.42 Å². The maximum atomic E-state index is 12.7. The SMILES string of the molecule is CC(C)(C)[S@](=O)N[C@H](Cc1ccccc1)C1C[C@H]2CC[C@@H](C1)N2. The summed E-state index contributed by atoms with van der Waals surface area (Å²) in [5.41, 5.74) is 1.33. The standard InChI is InChI=1S/C19H30N2OS/c1-19(2,3)23(22)21-18(11-14-7-5-4-6-8-14)15-12-16-9-10-17(13-15)20-16/h4-8,15-18,20-21H,9-13H2,1-3H3/t15?,16-,17+,18-,23+/m1/s1. The second-order valence-corrected chi connectivity index (χ2v) is 10.2. The summed E-state index contributed by atoms with van der Waals surface area (Å²) in [5.74, 6) is 0.611. The summed E-state index contributed by atoms with van der Waals surface area (Å²) >= 11 is 0. The first-order valence-corrected chi connectivity index (χ1v) is 10.0. The van der Waals surface area contributed by atoms with Crippen LogP contribution in [0.5, 0.6) is 0 Å². The maximum Gasteiger partial charge on any atom is 0.0972 e. The molecule has 0 saturated carbocycles. The van der Waals surface area contributed by atoms with Crippen LogP contribution in [0.15, 0.2) is 30.3 Å². The first-order chi connectivity index (χ1) is 10.9. The summed E-state index contributed by atoms with van der Waals surface area (Å²) < 4.78 is 15.9. The Kier molecular flexibility index (Phi) is 5.24. The molecule has 2 heterocycles. The fourth-order valence-electron chi connectivity index (χ4n) is 3.92. The van der Waals surface area contributed by atoms with Crippen molar-refractivity contribution in [3.05, 3.63) is 35.9 Å². The van der Waals surface area contributed by atoms with Crippen LogP contribution in [0.4, 0.5) is 0 Å². The van der Waals surface area contributed by atoms with Gasteiger partial charge < -0.3 is 5.32 Å². The van der Waals surface area contributed by atoms with Crippen molar-refractivity contribution in [2.45, 2.75) is 75.7 Å². The van der Waals surface area contributed by atoms with E-state index in [4.69, 9.17) is 0 Å². The Balaban J connectivity index is 1.74. The third-order valence-electron chi connectivity index (χ3n) is 5.19. The lowest BCUT2D eigenvalue weighted by atomic mass is 9.84. The molecule has 1 unspecified atom stereocenters. The zero-order valence-electron chi connectivity index (χ0n) is 14.5. The molecule has 2 aliphatic heterocycles. The van der Waals surface area contributed by atoms with Crippen molar-refractivity contribution in [3.8, 4) is 0 Å². The zero-order valence-corrected chi connectivity index (χ0v) is 15.4. The summed E-state index contributed by atoms with van der Waals surface area (Å²) in [6.45, 7) is 6.13. The van der Waals surface area contributed by atoms with E-state index in [0.29, 0.717) is 24.0 Å². The smallest absolute Gasteiger partial charge is 0.0972 e. The van der Waals surface area contributed by atoms with Gasteiger partial charge in [0.05, 0.1) is 15.7 Å². The molecule has 3 nitrogen and oxygen atoms in total. The average Bonchev–Trinajstić information content (AvgIpc) is 2.85. The molecule has 2 N–H and O–H groups in total. The van der Waals surface area contributed by atoms with Crippen molar-refractivity contribution in [3.63, 3.8) is 0 Å². The van der Waals surface area contributed by atoms with Crippen LogP contribution in [-0.2, 0) is 17.4 Å². The monoisotopic (exact) mass is 334 g/mol. The average molecular weight is 335 g/mol. The quantitative estimate of drug-likeness (QED) is 0.868. The Morgan fingerprint density at radius 3 is 2.35 bits per heavy atom. The molecule has 0 amide bonds. The molecule has 1 aromatic rings. The highest BCUT2D eigenvalue weighted by Crippen LogP contribution is 2.34. The molecule has 0 aromatic heterocycles. The lowest BCUT2D eigenvalue weighted by Crippen LogP contribution is -2.49. The molecule has 2 fully saturated rings. The molecule has 1 aromatic carbocycles. The lowest BCUT2D eigenvalue weighted by Gasteiger charge is -2.36. The van der Waals surface area contributed by atoms with E-state index in [2.05, 4.69) is 40.4 Å². The second kappa shape index (κ2) is 7.04. The molecule has 0 aliphatic carbocycles. The first-order valence-electron chi connectivity index (χ1n) is 8.90. The van der Waals surface area contributed by atoms with Crippen LogP contribution < -0.4 is 10.0 Å². The predicted octanol–water partition coefficient (Wildman–Crippen LogP) is 3.18. The van der Waals surface area contributed by atoms with Crippen molar-refractivity contribution in [2.24, 2.45) is 5.92 Å².